The third-order valence-corrected chi connectivity index (χ3v) is 3.38. The van der Waals surface area contributed by atoms with E-state index in [0.717, 1.165) is 23.6 Å². The van der Waals surface area contributed by atoms with Crippen LogP contribution in [0.4, 0.5) is 5.82 Å². The molecule has 0 aliphatic carbocycles. The maximum Gasteiger partial charge on any atom is 0.270 e. The fourth-order valence-electron chi connectivity index (χ4n) is 1.61. The van der Waals surface area contributed by atoms with Gasteiger partial charge in [-0.15, -0.1) is 5.10 Å². The predicted molar refractivity (Wildman–Crippen MR) is 74.5 cm³/mol. The molecule has 0 atom stereocenters. The number of rotatable bonds is 3. The molecule has 2 heterocycles. The van der Waals surface area contributed by atoms with E-state index in [4.69, 9.17) is 0 Å². The van der Waals surface area contributed by atoms with E-state index in [1.54, 1.807) is 0 Å². The molecule has 2 rings (SSSR count). The minimum Gasteiger partial charge on any atom is -0.304 e. The van der Waals surface area contributed by atoms with Crippen LogP contribution in [0.25, 0.3) is 0 Å². The summed E-state index contributed by atoms with van der Waals surface area (Å²) in [6.45, 7) is 8.03. The average molecular weight is 279 g/mol. The molecule has 0 spiro atoms. The van der Waals surface area contributed by atoms with Gasteiger partial charge < -0.3 is 5.32 Å². The standard InChI is InChI=1S/C12H17N5OS/c1-5-7-6-8(15-14-7)13-11(18)9-10(12(2,3)4)16-17-19-9/h6H,5H2,1-4H3,(H2,13,14,15,18). The molecule has 2 N–H and O–H groups in total. The Bertz CT molecular complexity index is 581. The molecular weight excluding hydrogens is 262 g/mol. The zero-order valence-electron chi connectivity index (χ0n) is 11.4. The van der Waals surface area contributed by atoms with Crippen molar-refractivity contribution in [3.63, 3.8) is 0 Å². The Morgan fingerprint density at radius 2 is 2.21 bits per heavy atom. The molecule has 1 amide bonds. The Kier molecular flexibility index (Phi) is 3.66. The number of H-pyrrole nitrogens is 1. The summed E-state index contributed by atoms with van der Waals surface area (Å²) in [5.41, 5.74) is 1.48. The van der Waals surface area contributed by atoms with Crippen molar-refractivity contribution in [3.05, 3.63) is 22.3 Å². The van der Waals surface area contributed by atoms with Crippen LogP contribution in [-0.2, 0) is 11.8 Å². The van der Waals surface area contributed by atoms with Gasteiger partial charge in [-0.25, -0.2) is 0 Å². The number of carbonyl (C=O) groups is 1. The zero-order valence-corrected chi connectivity index (χ0v) is 12.3. The molecular formula is C12H17N5OS. The van der Waals surface area contributed by atoms with Gasteiger partial charge in [0.1, 0.15) is 4.88 Å². The van der Waals surface area contributed by atoms with Crippen LogP contribution >= 0.6 is 11.5 Å². The Morgan fingerprint density at radius 1 is 1.47 bits per heavy atom. The fraction of sp³-hybridized carbons (Fsp3) is 0.500. The molecule has 102 valence electrons. The van der Waals surface area contributed by atoms with Gasteiger partial charge in [-0.1, -0.05) is 32.2 Å². The number of amides is 1. The number of aryl methyl sites for hydroxylation is 1. The van der Waals surface area contributed by atoms with Crippen molar-refractivity contribution < 1.29 is 4.79 Å². The molecule has 0 aliphatic heterocycles. The third kappa shape index (κ3) is 2.98. The van der Waals surface area contributed by atoms with Gasteiger partial charge in [0, 0.05) is 17.2 Å². The van der Waals surface area contributed by atoms with Gasteiger partial charge in [-0.2, -0.15) is 5.10 Å². The molecule has 2 aromatic heterocycles. The lowest BCUT2D eigenvalue weighted by Crippen LogP contribution is -2.20. The molecule has 0 unspecified atom stereocenters. The maximum absolute atomic E-state index is 12.2. The molecule has 0 aromatic carbocycles. The second-order valence-corrected chi connectivity index (χ2v) is 6.04. The van der Waals surface area contributed by atoms with E-state index in [9.17, 15) is 4.79 Å². The first-order valence-electron chi connectivity index (χ1n) is 6.10. The van der Waals surface area contributed by atoms with E-state index in [1.807, 2.05) is 33.8 Å². The Morgan fingerprint density at radius 3 is 2.79 bits per heavy atom. The quantitative estimate of drug-likeness (QED) is 0.903. The second-order valence-electron chi connectivity index (χ2n) is 5.29. The summed E-state index contributed by atoms with van der Waals surface area (Å²) in [5.74, 6) is 0.309. The van der Waals surface area contributed by atoms with Gasteiger partial charge >= 0.3 is 0 Å². The summed E-state index contributed by atoms with van der Waals surface area (Å²) in [6, 6.07) is 1.82. The number of nitrogens with one attached hydrogen (secondary N) is 2. The lowest BCUT2D eigenvalue weighted by atomic mass is 9.91. The van der Waals surface area contributed by atoms with Crippen LogP contribution in [0.5, 0.6) is 0 Å². The lowest BCUT2D eigenvalue weighted by Gasteiger charge is -2.15. The van der Waals surface area contributed by atoms with E-state index in [2.05, 4.69) is 25.1 Å². The number of hydrogen-bond donors (Lipinski definition) is 2. The Hall–Kier alpha value is -1.76. The van der Waals surface area contributed by atoms with Crippen molar-refractivity contribution in [2.75, 3.05) is 5.32 Å². The van der Waals surface area contributed by atoms with Crippen LogP contribution in [0.2, 0.25) is 0 Å². The maximum atomic E-state index is 12.2. The van der Waals surface area contributed by atoms with Gasteiger partial charge in [0.05, 0.1) is 5.69 Å². The van der Waals surface area contributed by atoms with E-state index in [-0.39, 0.29) is 11.3 Å². The minimum atomic E-state index is -0.214. The molecule has 0 saturated carbocycles. The van der Waals surface area contributed by atoms with Crippen LogP contribution in [0, 0.1) is 0 Å². The highest BCUT2D eigenvalue weighted by Gasteiger charge is 2.26. The number of hydrogen-bond acceptors (Lipinski definition) is 5. The lowest BCUT2D eigenvalue weighted by molar-refractivity contribution is 0.102. The SMILES string of the molecule is CCc1cc(NC(=O)c2snnc2C(C)(C)C)n[nH]1. The minimum absolute atomic E-state index is 0.209. The van der Waals surface area contributed by atoms with E-state index in [1.165, 1.54) is 0 Å². The fourth-order valence-corrected chi connectivity index (χ4v) is 2.38. The van der Waals surface area contributed by atoms with E-state index >= 15 is 0 Å². The van der Waals surface area contributed by atoms with Crippen molar-refractivity contribution in [1.29, 1.82) is 0 Å². The van der Waals surface area contributed by atoms with Crippen molar-refractivity contribution in [3.8, 4) is 0 Å². The number of anilines is 1. The van der Waals surface area contributed by atoms with Gasteiger partial charge in [0.25, 0.3) is 5.91 Å². The highest BCUT2D eigenvalue weighted by molar-refractivity contribution is 7.08. The summed E-state index contributed by atoms with van der Waals surface area (Å²) < 4.78 is 3.88. The average Bonchev–Trinajstić information content (AvgIpc) is 2.95. The smallest absolute Gasteiger partial charge is 0.270 e. The largest absolute Gasteiger partial charge is 0.304 e. The molecule has 7 heteroatoms. The zero-order chi connectivity index (χ0) is 14.0. The van der Waals surface area contributed by atoms with Crippen LogP contribution in [0.1, 0.15) is 48.8 Å². The highest BCUT2D eigenvalue weighted by Crippen LogP contribution is 2.26. The van der Waals surface area contributed by atoms with Crippen molar-refractivity contribution in [2.24, 2.45) is 0 Å². The first kappa shape index (κ1) is 13.7. The number of carbonyl (C=O) groups excluding carboxylic acids is 1. The Balaban J connectivity index is 2.19. The molecule has 0 radical (unpaired) electrons. The predicted octanol–water partition coefficient (Wildman–Crippen LogP) is 2.37. The van der Waals surface area contributed by atoms with Crippen LogP contribution in [-0.4, -0.2) is 25.7 Å². The van der Waals surface area contributed by atoms with Crippen molar-refractivity contribution in [2.45, 2.75) is 39.5 Å². The van der Waals surface area contributed by atoms with Crippen LogP contribution in [0.3, 0.4) is 0 Å². The topological polar surface area (TPSA) is 83.6 Å². The van der Waals surface area contributed by atoms with Gasteiger partial charge in [0.2, 0.25) is 0 Å². The van der Waals surface area contributed by atoms with Gasteiger partial charge in [-0.05, 0) is 18.0 Å². The first-order chi connectivity index (χ1) is 8.91. The van der Waals surface area contributed by atoms with Gasteiger partial charge in [-0.3, -0.25) is 9.89 Å². The molecule has 0 fully saturated rings. The van der Waals surface area contributed by atoms with Crippen molar-refractivity contribution in [1.82, 2.24) is 19.8 Å². The molecule has 19 heavy (non-hydrogen) atoms. The van der Waals surface area contributed by atoms with E-state index in [0.29, 0.717) is 16.4 Å². The number of aromatic amines is 1. The normalized spacial score (nSPS) is 11.6. The van der Waals surface area contributed by atoms with Crippen molar-refractivity contribution >= 4 is 23.3 Å². The molecule has 2 aromatic rings. The summed E-state index contributed by atoms with van der Waals surface area (Å²) in [5, 5.41) is 13.7. The summed E-state index contributed by atoms with van der Waals surface area (Å²) in [6.07, 6.45) is 0.845. The second kappa shape index (κ2) is 5.08. The third-order valence-electron chi connectivity index (χ3n) is 2.66. The highest BCUT2D eigenvalue weighted by atomic mass is 32.1. The van der Waals surface area contributed by atoms with E-state index < -0.39 is 0 Å². The van der Waals surface area contributed by atoms with Crippen LogP contribution in [0.15, 0.2) is 6.07 Å². The number of nitrogens with zero attached hydrogens (tertiary/aromatic N) is 3. The summed E-state index contributed by atoms with van der Waals surface area (Å²) in [7, 11) is 0. The monoisotopic (exact) mass is 279 g/mol. The van der Waals surface area contributed by atoms with Gasteiger partial charge in [0.15, 0.2) is 5.82 Å². The number of aromatic nitrogens is 4. The molecule has 6 nitrogen and oxygen atoms in total. The first-order valence-corrected chi connectivity index (χ1v) is 6.87. The molecule has 0 saturated heterocycles. The summed E-state index contributed by atoms with van der Waals surface area (Å²) >= 11 is 1.11. The Labute approximate surface area is 115 Å². The molecule has 0 bridgehead atoms. The summed E-state index contributed by atoms with van der Waals surface area (Å²) in [4.78, 5) is 12.7. The van der Waals surface area contributed by atoms with Crippen LogP contribution < -0.4 is 5.32 Å². The molecule has 0 aliphatic rings.